The maximum atomic E-state index is 12.9. The standard InChI is InChI=1S/C27H26BrClN4O3S/c1-17-6-8-18(9-7-17)26(35)33-14-12-32(13-15-33)24-21(29)4-3-5-22(24)30-27(37)31-25(34)19-10-11-23(36-2)20(28)16-19/h3-11,16H,12-15H2,1-2H3,(H2,30,31,34,37). The van der Waals surface area contributed by atoms with Crippen molar-refractivity contribution in [2.24, 2.45) is 0 Å². The van der Waals surface area contributed by atoms with Crippen molar-refractivity contribution in [2.75, 3.05) is 43.5 Å². The molecule has 3 aromatic carbocycles. The molecule has 1 saturated heterocycles. The van der Waals surface area contributed by atoms with E-state index in [2.05, 4.69) is 31.5 Å². The van der Waals surface area contributed by atoms with E-state index in [0.29, 0.717) is 58.2 Å². The van der Waals surface area contributed by atoms with Gasteiger partial charge in [-0.3, -0.25) is 14.9 Å². The van der Waals surface area contributed by atoms with E-state index < -0.39 is 0 Å². The van der Waals surface area contributed by atoms with Gasteiger partial charge >= 0.3 is 0 Å². The Morgan fingerprint density at radius 1 is 1.00 bits per heavy atom. The Morgan fingerprint density at radius 2 is 1.68 bits per heavy atom. The van der Waals surface area contributed by atoms with Crippen LogP contribution in [-0.2, 0) is 0 Å². The number of hydrogen-bond acceptors (Lipinski definition) is 5. The number of methoxy groups -OCH3 is 1. The molecule has 0 bridgehead atoms. The normalized spacial score (nSPS) is 13.2. The van der Waals surface area contributed by atoms with Gasteiger partial charge in [0.15, 0.2) is 5.11 Å². The Morgan fingerprint density at radius 3 is 2.32 bits per heavy atom. The molecule has 1 aliphatic heterocycles. The minimum atomic E-state index is -0.354. The Hall–Kier alpha value is -3.14. The molecule has 2 N–H and O–H groups in total. The summed E-state index contributed by atoms with van der Waals surface area (Å²) in [5.74, 6) is 0.292. The zero-order valence-electron chi connectivity index (χ0n) is 20.4. The molecule has 192 valence electrons. The number of amides is 2. The topological polar surface area (TPSA) is 73.9 Å². The Balaban J connectivity index is 1.41. The number of nitrogens with one attached hydrogen (secondary N) is 2. The highest BCUT2D eigenvalue weighted by Crippen LogP contribution is 2.35. The van der Waals surface area contributed by atoms with E-state index in [1.807, 2.05) is 54.3 Å². The van der Waals surface area contributed by atoms with Gasteiger partial charge in [0.2, 0.25) is 0 Å². The predicted octanol–water partition coefficient (Wildman–Crippen LogP) is 5.51. The van der Waals surface area contributed by atoms with Crippen molar-refractivity contribution in [2.45, 2.75) is 6.92 Å². The van der Waals surface area contributed by atoms with Gasteiger partial charge in [0.1, 0.15) is 5.75 Å². The van der Waals surface area contributed by atoms with E-state index >= 15 is 0 Å². The number of anilines is 2. The van der Waals surface area contributed by atoms with Crippen LogP contribution in [0.2, 0.25) is 5.02 Å². The quantitative estimate of drug-likeness (QED) is 0.376. The summed E-state index contributed by atoms with van der Waals surface area (Å²) in [5, 5.41) is 6.52. The number of halogens is 2. The van der Waals surface area contributed by atoms with E-state index in [0.717, 1.165) is 11.3 Å². The summed E-state index contributed by atoms with van der Waals surface area (Å²) in [6, 6.07) is 18.1. The fourth-order valence-electron chi connectivity index (χ4n) is 4.09. The van der Waals surface area contributed by atoms with E-state index in [9.17, 15) is 9.59 Å². The van der Waals surface area contributed by atoms with Crippen LogP contribution in [0.4, 0.5) is 11.4 Å². The maximum absolute atomic E-state index is 12.9. The second-order valence-corrected chi connectivity index (χ2v) is 10.2. The molecule has 0 unspecified atom stereocenters. The third kappa shape index (κ3) is 6.41. The number of piperazine rings is 1. The first kappa shape index (κ1) is 26.9. The fraction of sp³-hybridized carbons (Fsp3) is 0.222. The summed E-state index contributed by atoms with van der Waals surface area (Å²) < 4.78 is 5.88. The summed E-state index contributed by atoms with van der Waals surface area (Å²) >= 11 is 15.4. The van der Waals surface area contributed by atoms with Crippen LogP contribution in [0.15, 0.2) is 65.1 Å². The minimum absolute atomic E-state index is 0.0196. The number of carbonyl (C=O) groups is 2. The summed E-state index contributed by atoms with van der Waals surface area (Å²) in [7, 11) is 1.56. The molecule has 2 amide bonds. The second kappa shape index (κ2) is 11.9. The summed E-state index contributed by atoms with van der Waals surface area (Å²) in [5.41, 5.74) is 3.68. The number of aryl methyl sites for hydroxylation is 1. The monoisotopic (exact) mass is 600 g/mol. The third-order valence-corrected chi connectivity index (χ3v) is 7.19. The van der Waals surface area contributed by atoms with Crippen molar-refractivity contribution in [3.8, 4) is 5.75 Å². The van der Waals surface area contributed by atoms with E-state index in [1.165, 1.54) is 0 Å². The Labute approximate surface area is 234 Å². The predicted molar refractivity (Wildman–Crippen MR) is 155 cm³/mol. The number of ether oxygens (including phenoxy) is 1. The summed E-state index contributed by atoms with van der Waals surface area (Å²) in [6.45, 7) is 4.33. The smallest absolute Gasteiger partial charge is 0.257 e. The molecule has 0 aromatic heterocycles. The Kier molecular flexibility index (Phi) is 8.68. The first-order chi connectivity index (χ1) is 17.8. The van der Waals surface area contributed by atoms with Crippen molar-refractivity contribution in [3.63, 3.8) is 0 Å². The lowest BCUT2D eigenvalue weighted by atomic mass is 10.1. The van der Waals surface area contributed by atoms with Gasteiger partial charge in [-0.05, 0) is 77.5 Å². The van der Waals surface area contributed by atoms with Crippen molar-refractivity contribution in [1.82, 2.24) is 10.2 Å². The molecule has 0 aliphatic carbocycles. The number of para-hydroxylation sites is 1. The fourth-order valence-corrected chi connectivity index (χ4v) is 5.12. The van der Waals surface area contributed by atoms with Crippen LogP contribution >= 0.6 is 39.7 Å². The summed E-state index contributed by atoms with van der Waals surface area (Å²) in [4.78, 5) is 29.6. The SMILES string of the molecule is COc1ccc(C(=O)NC(=S)Nc2cccc(Cl)c2N2CCN(C(=O)c3ccc(C)cc3)CC2)cc1Br. The van der Waals surface area contributed by atoms with Crippen LogP contribution in [-0.4, -0.2) is 55.1 Å². The number of hydrogen-bond donors (Lipinski definition) is 2. The van der Waals surface area contributed by atoms with Crippen molar-refractivity contribution >= 4 is 68.1 Å². The molecule has 0 atom stereocenters. The first-order valence-corrected chi connectivity index (χ1v) is 13.2. The zero-order chi connectivity index (χ0) is 26.5. The van der Waals surface area contributed by atoms with Crippen LogP contribution < -0.4 is 20.3 Å². The highest BCUT2D eigenvalue weighted by Gasteiger charge is 2.25. The number of nitrogens with zero attached hydrogens (tertiary/aromatic N) is 2. The molecular formula is C27H26BrClN4O3S. The number of benzene rings is 3. The molecule has 7 nitrogen and oxygen atoms in total. The Bertz CT molecular complexity index is 1330. The third-order valence-electron chi connectivity index (χ3n) is 6.06. The first-order valence-electron chi connectivity index (χ1n) is 11.6. The van der Waals surface area contributed by atoms with Crippen LogP contribution in [0.3, 0.4) is 0 Å². The number of carbonyl (C=O) groups excluding carboxylic acids is 2. The molecule has 3 aromatic rings. The zero-order valence-corrected chi connectivity index (χ0v) is 23.5. The average Bonchev–Trinajstić information content (AvgIpc) is 2.89. The lowest BCUT2D eigenvalue weighted by Crippen LogP contribution is -2.49. The summed E-state index contributed by atoms with van der Waals surface area (Å²) in [6.07, 6.45) is 0. The van der Waals surface area contributed by atoms with Gasteiger partial charge in [-0.2, -0.15) is 0 Å². The van der Waals surface area contributed by atoms with E-state index in [4.69, 9.17) is 28.6 Å². The number of thiocarbonyl (C=S) groups is 1. The molecule has 0 spiro atoms. The highest BCUT2D eigenvalue weighted by atomic mass is 79.9. The minimum Gasteiger partial charge on any atom is -0.496 e. The average molecular weight is 602 g/mol. The van der Waals surface area contributed by atoms with Gasteiger partial charge in [0, 0.05) is 37.3 Å². The van der Waals surface area contributed by atoms with Crippen LogP contribution in [0, 0.1) is 6.92 Å². The van der Waals surface area contributed by atoms with Gasteiger partial charge < -0.3 is 19.9 Å². The van der Waals surface area contributed by atoms with Gasteiger partial charge in [-0.15, -0.1) is 0 Å². The van der Waals surface area contributed by atoms with Crippen molar-refractivity contribution in [3.05, 3.63) is 86.8 Å². The molecule has 0 saturated carbocycles. The van der Waals surface area contributed by atoms with E-state index in [1.54, 1.807) is 25.3 Å². The van der Waals surface area contributed by atoms with E-state index in [-0.39, 0.29) is 16.9 Å². The molecular weight excluding hydrogens is 576 g/mol. The molecule has 10 heteroatoms. The van der Waals surface area contributed by atoms with Gasteiger partial charge in [0.25, 0.3) is 11.8 Å². The molecule has 1 heterocycles. The van der Waals surface area contributed by atoms with Gasteiger partial charge in [-0.25, -0.2) is 0 Å². The van der Waals surface area contributed by atoms with Crippen LogP contribution in [0.1, 0.15) is 26.3 Å². The largest absolute Gasteiger partial charge is 0.496 e. The second-order valence-electron chi connectivity index (χ2n) is 8.54. The number of rotatable bonds is 5. The lowest BCUT2D eigenvalue weighted by molar-refractivity contribution is 0.0746. The highest BCUT2D eigenvalue weighted by molar-refractivity contribution is 9.10. The van der Waals surface area contributed by atoms with Crippen LogP contribution in [0.5, 0.6) is 5.75 Å². The molecule has 4 rings (SSSR count). The van der Waals surface area contributed by atoms with Crippen LogP contribution in [0.25, 0.3) is 0 Å². The molecule has 37 heavy (non-hydrogen) atoms. The molecule has 1 aliphatic rings. The van der Waals surface area contributed by atoms with Gasteiger partial charge in [0.05, 0.1) is 28.0 Å². The molecule has 1 fully saturated rings. The van der Waals surface area contributed by atoms with Crippen molar-refractivity contribution < 1.29 is 14.3 Å². The maximum Gasteiger partial charge on any atom is 0.257 e. The molecule has 0 radical (unpaired) electrons. The van der Waals surface area contributed by atoms with Gasteiger partial charge in [-0.1, -0.05) is 35.4 Å². The lowest BCUT2D eigenvalue weighted by Gasteiger charge is -2.37. The van der Waals surface area contributed by atoms with Crippen molar-refractivity contribution in [1.29, 1.82) is 0 Å².